The lowest BCUT2D eigenvalue weighted by atomic mass is 9.12. The van der Waals surface area contributed by atoms with Crippen molar-refractivity contribution < 1.29 is 9.53 Å². The van der Waals surface area contributed by atoms with Gasteiger partial charge in [-0.1, -0.05) is 64.4 Å². The lowest BCUT2D eigenvalue weighted by molar-refractivity contribution is -0.128. The van der Waals surface area contributed by atoms with Gasteiger partial charge in [-0.05, 0) is 19.8 Å². The van der Waals surface area contributed by atoms with Crippen molar-refractivity contribution in [2.75, 3.05) is 6.61 Å². The summed E-state index contributed by atoms with van der Waals surface area (Å²) in [6.45, 7) is 12.6. The fourth-order valence-corrected chi connectivity index (χ4v) is 3.10. The van der Waals surface area contributed by atoms with E-state index in [1.807, 2.05) is 27.7 Å². The molecule has 4 radical (unpaired) electrons. The van der Waals surface area contributed by atoms with Crippen molar-refractivity contribution in [3.05, 3.63) is 0 Å². The molecule has 1 saturated carbocycles. The topological polar surface area (TPSA) is 52.3 Å². The molecule has 6 heteroatoms. The first-order chi connectivity index (χ1) is 10.8. The van der Waals surface area contributed by atoms with Crippen LogP contribution in [0, 0.1) is 5.41 Å². The van der Waals surface area contributed by atoms with E-state index in [0.717, 1.165) is 19.3 Å². The predicted molar refractivity (Wildman–Crippen MR) is 105 cm³/mol. The highest BCUT2D eigenvalue weighted by atomic mass is 16.5. The molecule has 0 bridgehead atoms. The Morgan fingerprint density at radius 1 is 1.17 bits per heavy atom. The Hall–Kier alpha value is -0.215. The predicted octanol–water partition coefficient (Wildman–Crippen LogP) is 3.52. The standard InChI is InChI=1S/C18H34B3NO2/c1-16(2,3)15(23)9-10-18(6,22)24-12-11-17(4,5)21(20)14-8-7-13(14)19/h13-14H,7-12,22H2,1-6H3. The zero-order chi connectivity index (χ0) is 18.8. The molecule has 132 valence electrons. The van der Waals surface area contributed by atoms with Crippen LogP contribution in [0.1, 0.15) is 73.6 Å². The third-order valence-corrected chi connectivity index (χ3v) is 5.61. The Kier molecular flexibility index (Phi) is 7.27. The second-order valence-electron chi connectivity index (χ2n) is 9.50. The van der Waals surface area contributed by atoms with E-state index in [1.54, 1.807) is 0 Å². The molecule has 1 aliphatic carbocycles. The quantitative estimate of drug-likeness (QED) is 0.520. The zero-order valence-corrected chi connectivity index (χ0v) is 16.5. The maximum Gasteiger partial charge on any atom is 0.138 e. The Labute approximate surface area is 152 Å². The van der Waals surface area contributed by atoms with Crippen LogP contribution in [-0.4, -0.2) is 40.3 Å². The molecular weight excluding hydrogens is 295 g/mol. The normalized spacial score (nSPS) is 24.1. The van der Waals surface area contributed by atoms with Gasteiger partial charge >= 0.3 is 0 Å². The minimum Gasteiger partial charge on any atom is -0.361 e. The van der Waals surface area contributed by atoms with Gasteiger partial charge in [0.2, 0.25) is 0 Å². The molecule has 0 amide bonds. The maximum atomic E-state index is 12.0. The molecule has 0 aromatic rings. The van der Waals surface area contributed by atoms with E-state index < -0.39 is 5.72 Å². The summed E-state index contributed by atoms with van der Waals surface area (Å²) >= 11 is 0. The fourth-order valence-electron chi connectivity index (χ4n) is 3.10. The summed E-state index contributed by atoms with van der Waals surface area (Å²) in [4.78, 5) is 12.0. The number of carbonyl (C=O) groups excluding carboxylic acids is 1. The van der Waals surface area contributed by atoms with Crippen LogP contribution < -0.4 is 5.73 Å². The number of rotatable bonds is 9. The first kappa shape index (κ1) is 21.8. The molecule has 1 aliphatic rings. The minimum atomic E-state index is -0.784. The van der Waals surface area contributed by atoms with Gasteiger partial charge in [0.25, 0.3) is 0 Å². The summed E-state index contributed by atoms with van der Waals surface area (Å²) in [5, 5.41) is -0.0417. The van der Waals surface area contributed by atoms with Gasteiger partial charge in [0.1, 0.15) is 18.1 Å². The van der Waals surface area contributed by atoms with Crippen molar-refractivity contribution in [2.24, 2.45) is 11.1 Å². The van der Waals surface area contributed by atoms with Gasteiger partial charge in [-0.15, -0.1) is 0 Å². The van der Waals surface area contributed by atoms with Gasteiger partial charge in [0, 0.05) is 26.2 Å². The van der Waals surface area contributed by atoms with Crippen LogP contribution in [0.3, 0.4) is 0 Å². The van der Waals surface area contributed by atoms with Crippen LogP contribution in [-0.2, 0) is 9.53 Å². The minimum absolute atomic E-state index is 0.0417. The van der Waals surface area contributed by atoms with Gasteiger partial charge in [-0.25, -0.2) is 0 Å². The lowest BCUT2D eigenvalue weighted by Crippen LogP contribution is -2.43. The number of hydrogen-bond donors (Lipinski definition) is 1. The van der Waals surface area contributed by atoms with Crippen molar-refractivity contribution in [1.82, 2.24) is 0 Å². The molecule has 0 aromatic carbocycles. The summed E-state index contributed by atoms with van der Waals surface area (Å²) in [5.74, 6) is 0.862. The number of hydrogen-bond acceptors (Lipinski definition) is 3. The average Bonchev–Trinajstić information content (AvgIpc) is 2.41. The number of ketones is 1. The van der Waals surface area contributed by atoms with Gasteiger partial charge in [0.05, 0.1) is 7.85 Å². The fraction of sp³-hybridized carbons (Fsp3) is 0.944. The Morgan fingerprint density at radius 3 is 2.17 bits per heavy atom. The third-order valence-electron chi connectivity index (χ3n) is 5.61. The van der Waals surface area contributed by atoms with Crippen molar-refractivity contribution in [1.29, 1.82) is 0 Å². The lowest BCUT2D eigenvalue weighted by Gasteiger charge is -2.45. The SMILES string of the molecule is [B]B(C1CCC1[B])C(C)(C)CCOC(C)(N)CCC(=O)C(C)(C)C. The molecule has 2 N–H and O–H groups in total. The molecule has 24 heavy (non-hydrogen) atoms. The third kappa shape index (κ3) is 6.26. The smallest absolute Gasteiger partial charge is 0.138 e. The highest BCUT2D eigenvalue weighted by molar-refractivity contribution is 7.06. The van der Waals surface area contributed by atoms with Crippen LogP contribution in [0.25, 0.3) is 0 Å². The van der Waals surface area contributed by atoms with Gasteiger partial charge in [-0.2, -0.15) is 0 Å². The van der Waals surface area contributed by atoms with Crippen LogP contribution in [0.15, 0.2) is 0 Å². The van der Waals surface area contributed by atoms with E-state index in [4.69, 9.17) is 26.1 Å². The van der Waals surface area contributed by atoms with Crippen molar-refractivity contribution >= 4 is 28.0 Å². The van der Waals surface area contributed by atoms with E-state index in [1.165, 1.54) is 0 Å². The molecule has 3 atom stereocenters. The molecule has 0 aliphatic heterocycles. The molecule has 0 heterocycles. The van der Waals surface area contributed by atoms with Crippen LogP contribution in [0.2, 0.25) is 16.9 Å². The molecule has 0 aromatic heterocycles. The van der Waals surface area contributed by atoms with Gasteiger partial charge in [0.15, 0.2) is 0 Å². The molecule has 0 saturated heterocycles. The highest BCUT2D eigenvalue weighted by Gasteiger charge is 2.40. The molecule has 0 spiro atoms. The van der Waals surface area contributed by atoms with Crippen LogP contribution in [0.4, 0.5) is 0 Å². The second-order valence-corrected chi connectivity index (χ2v) is 9.50. The van der Waals surface area contributed by atoms with E-state index in [0.29, 0.717) is 25.3 Å². The van der Waals surface area contributed by atoms with E-state index in [2.05, 4.69) is 13.8 Å². The van der Waals surface area contributed by atoms with Gasteiger partial charge < -0.3 is 10.5 Å². The summed E-state index contributed by atoms with van der Waals surface area (Å²) < 4.78 is 5.88. The molecular formula is C18H34B3NO2. The maximum absolute atomic E-state index is 12.0. The Balaban J connectivity index is 2.40. The van der Waals surface area contributed by atoms with E-state index in [9.17, 15) is 4.79 Å². The Morgan fingerprint density at radius 2 is 1.75 bits per heavy atom. The van der Waals surface area contributed by atoms with Gasteiger partial charge in [-0.3, -0.25) is 4.79 Å². The summed E-state index contributed by atoms with van der Waals surface area (Å²) in [6, 6.07) is 0. The first-order valence-electron chi connectivity index (χ1n) is 9.23. The van der Waals surface area contributed by atoms with Crippen molar-refractivity contribution in [2.45, 2.75) is 96.3 Å². The number of ether oxygens (including phenoxy) is 1. The monoisotopic (exact) mass is 329 g/mol. The largest absolute Gasteiger partial charge is 0.361 e. The van der Waals surface area contributed by atoms with Crippen LogP contribution >= 0.6 is 0 Å². The summed E-state index contributed by atoms with van der Waals surface area (Å²) in [5.41, 5.74) is 5.10. The number of nitrogens with two attached hydrogens (primary N) is 1. The molecule has 1 fully saturated rings. The van der Waals surface area contributed by atoms with Crippen molar-refractivity contribution in [3.8, 4) is 0 Å². The molecule has 3 nitrogen and oxygen atoms in total. The highest BCUT2D eigenvalue weighted by Crippen LogP contribution is 2.50. The molecule has 1 rings (SSSR count). The number of Topliss-reactive ketones (excluding diaryl/α,β-unsaturated/α-hetero) is 1. The van der Waals surface area contributed by atoms with E-state index >= 15 is 0 Å². The number of carbonyl (C=O) groups is 1. The summed E-state index contributed by atoms with van der Waals surface area (Å²) in [7, 11) is 12.5. The first-order valence-corrected chi connectivity index (χ1v) is 9.23. The summed E-state index contributed by atoms with van der Waals surface area (Å²) in [6.07, 6.45) is 4.00. The molecule has 3 unspecified atom stereocenters. The average molecular weight is 329 g/mol. The van der Waals surface area contributed by atoms with Crippen molar-refractivity contribution in [3.63, 3.8) is 0 Å². The van der Waals surface area contributed by atoms with Crippen LogP contribution in [0.5, 0.6) is 0 Å². The zero-order valence-electron chi connectivity index (χ0n) is 16.5. The second kappa shape index (κ2) is 7.99. The Bertz CT molecular complexity index is 432. The van der Waals surface area contributed by atoms with E-state index in [-0.39, 0.29) is 28.9 Å².